The predicted octanol–water partition coefficient (Wildman–Crippen LogP) is 5.01. The molecule has 0 unspecified atom stereocenters. The van der Waals surface area contributed by atoms with Gasteiger partial charge in [0.15, 0.2) is 0 Å². The Balaban J connectivity index is 1.65. The van der Waals surface area contributed by atoms with Crippen LogP contribution in [0.3, 0.4) is 0 Å². The van der Waals surface area contributed by atoms with E-state index >= 15 is 0 Å². The number of aromatic amines is 1. The molecule has 0 fully saturated rings. The second kappa shape index (κ2) is 10.1. The minimum atomic E-state index is -5.24. The van der Waals surface area contributed by atoms with E-state index in [1.165, 1.54) is 24.4 Å². The molecule has 206 valence electrons. The fourth-order valence-corrected chi connectivity index (χ4v) is 4.50. The molecule has 1 aliphatic heterocycles. The van der Waals surface area contributed by atoms with Crippen LogP contribution < -0.4 is 9.64 Å². The molecule has 1 N–H and O–H groups in total. The SMILES string of the molecule is COCCOc1ncc([C@H]2c3[nH]c4ccc(Cl)cc4c3CCN2c2nc(C(F)(F)F)nc(C(F)(F)F)n2)cn1. The lowest BCUT2D eigenvalue weighted by molar-refractivity contribution is -0.155. The Kier molecular flexibility index (Phi) is 6.97. The van der Waals surface area contributed by atoms with Gasteiger partial charge in [0.25, 0.3) is 0 Å². The van der Waals surface area contributed by atoms with Crippen molar-refractivity contribution in [2.24, 2.45) is 0 Å². The topological polar surface area (TPSA) is 102 Å². The summed E-state index contributed by atoms with van der Waals surface area (Å²) < 4.78 is 91.3. The van der Waals surface area contributed by atoms with Gasteiger partial charge in [-0.05, 0) is 30.2 Å². The van der Waals surface area contributed by atoms with Gasteiger partial charge < -0.3 is 19.4 Å². The van der Waals surface area contributed by atoms with Crippen LogP contribution in [0.1, 0.15) is 34.5 Å². The van der Waals surface area contributed by atoms with Gasteiger partial charge in [-0.15, -0.1) is 0 Å². The van der Waals surface area contributed by atoms with Crippen LogP contribution >= 0.6 is 11.6 Å². The molecule has 0 amide bonds. The number of halogens is 7. The maximum absolute atomic E-state index is 13.5. The van der Waals surface area contributed by atoms with E-state index in [1.54, 1.807) is 18.2 Å². The zero-order valence-corrected chi connectivity index (χ0v) is 20.7. The number of rotatable bonds is 6. The molecule has 0 spiro atoms. The van der Waals surface area contributed by atoms with Crippen LogP contribution in [0.25, 0.3) is 10.9 Å². The number of benzene rings is 1. The van der Waals surface area contributed by atoms with Crippen molar-refractivity contribution in [3.05, 3.63) is 64.1 Å². The standard InChI is InChI=1S/C23H18ClF6N7O2/c1-38-6-7-39-21-31-9-11(10-32-21)17-16-13(14-8-12(24)2-3-15(14)33-16)4-5-37(17)20-35-18(22(25,26)27)34-19(36-20)23(28,29)30/h2-3,8-10,17,33H,4-7H2,1H3/t17-/m0/s1. The van der Waals surface area contributed by atoms with Crippen LogP contribution in [-0.2, 0) is 23.5 Å². The molecule has 4 heterocycles. The first-order chi connectivity index (χ1) is 18.5. The Morgan fingerprint density at radius 3 is 2.28 bits per heavy atom. The summed E-state index contributed by atoms with van der Waals surface area (Å²) in [6, 6.07) is 4.16. The van der Waals surface area contributed by atoms with Crippen LogP contribution in [0.5, 0.6) is 6.01 Å². The average molecular weight is 574 g/mol. The lowest BCUT2D eigenvalue weighted by Gasteiger charge is -2.36. The van der Waals surface area contributed by atoms with Crippen molar-refractivity contribution in [2.75, 3.05) is 31.8 Å². The summed E-state index contributed by atoms with van der Waals surface area (Å²) in [7, 11) is 1.49. The molecule has 3 aromatic heterocycles. The lowest BCUT2D eigenvalue weighted by atomic mass is 9.94. The number of hydrogen-bond donors (Lipinski definition) is 1. The molecule has 1 aromatic carbocycles. The number of nitrogens with zero attached hydrogens (tertiary/aromatic N) is 6. The second-order valence-corrected chi connectivity index (χ2v) is 8.91. The summed E-state index contributed by atoms with van der Waals surface area (Å²) in [4.78, 5) is 22.2. The Hall–Kier alpha value is -3.72. The van der Waals surface area contributed by atoms with E-state index < -0.39 is 36.0 Å². The molecule has 0 saturated carbocycles. The molecule has 1 atom stereocenters. The van der Waals surface area contributed by atoms with Crippen molar-refractivity contribution in [1.82, 2.24) is 29.9 Å². The van der Waals surface area contributed by atoms with E-state index in [1.807, 2.05) is 0 Å². The summed E-state index contributed by atoms with van der Waals surface area (Å²) in [6.45, 7) is 0.427. The number of anilines is 1. The fraction of sp³-hybridized carbons (Fsp3) is 0.348. The van der Waals surface area contributed by atoms with Crippen LogP contribution in [-0.4, -0.2) is 56.8 Å². The largest absolute Gasteiger partial charge is 0.461 e. The third kappa shape index (κ3) is 5.41. The third-order valence-corrected chi connectivity index (χ3v) is 6.19. The number of fused-ring (bicyclic) bond motifs is 3. The summed E-state index contributed by atoms with van der Waals surface area (Å²) in [5.41, 5.74) is 2.31. The van der Waals surface area contributed by atoms with Crippen LogP contribution in [0, 0.1) is 0 Å². The van der Waals surface area contributed by atoms with Gasteiger partial charge in [-0.2, -0.15) is 36.3 Å². The van der Waals surface area contributed by atoms with Crippen molar-refractivity contribution < 1.29 is 35.8 Å². The quantitative estimate of drug-likeness (QED) is 0.254. The summed E-state index contributed by atoms with van der Waals surface area (Å²) in [5, 5.41) is 1.23. The number of ether oxygens (including phenoxy) is 2. The first-order valence-electron chi connectivity index (χ1n) is 11.4. The molecule has 0 aliphatic carbocycles. The molecule has 1 aliphatic rings. The molecule has 4 aromatic rings. The van der Waals surface area contributed by atoms with Crippen molar-refractivity contribution >= 4 is 28.5 Å². The molecule has 0 bridgehead atoms. The second-order valence-electron chi connectivity index (χ2n) is 8.47. The number of hydrogen-bond acceptors (Lipinski definition) is 8. The lowest BCUT2D eigenvalue weighted by Crippen LogP contribution is -2.38. The van der Waals surface area contributed by atoms with Gasteiger partial charge in [0.2, 0.25) is 17.6 Å². The first-order valence-corrected chi connectivity index (χ1v) is 11.7. The maximum atomic E-state index is 13.5. The van der Waals surface area contributed by atoms with E-state index in [4.69, 9.17) is 21.1 Å². The van der Waals surface area contributed by atoms with Gasteiger partial charge in [-0.25, -0.2) is 15.0 Å². The van der Waals surface area contributed by atoms with Gasteiger partial charge >= 0.3 is 18.4 Å². The normalized spacial score (nSPS) is 16.0. The average Bonchev–Trinajstić information content (AvgIpc) is 3.25. The number of methoxy groups -OCH3 is 1. The molecule has 0 saturated heterocycles. The minimum absolute atomic E-state index is 0.0145. The van der Waals surface area contributed by atoms with Crippen molar-refractivity contribution in [3.63, 3.8) is 0 Å². The highest BCUT2D eigenvalue weighted by atomic mass is 35.5. The van der Waals surface area contributed by atoms with Crippen LogP contribution in [0.4, 0.5) is 32.3 Å². The Bertz CT molecular complexity index is 1460. The smallest absolute Gasteiger partial charge is 0.451 e. The van der Waals surface area contributed by atoms with Gasteiger partial charge in [0.05, 0.1) is 6.61 Å². The first kappa shape index (κ1) is 26.9. The molecular formula is C23H18ClF6N7O2. The molecule has 9 nitrogen and oxygen atoms in total. The number of nitrogens with one attached hydrogen (secondary N) is 1. The van der Waals surface area contributed by atoms with E-state index in [-0.39, 0.29) is 32.2 Å². The Morgan fingerprint density at radius 1 is 1.00 bits per heavy atom. The number of alkyl halides is 6. The summed E-state index contributed by atoms with van der Waals surface area (Å²) >= 11 is 6.18. The fourth-order valence-electron chi connectivity index (χ4n) is 4.33. The summed E-state index contributed by atoms with van der Waals surface area (Å²) in [6.07, 6.45) is -7.49. The Labute approximate surface area is 221 Å². The molecular weight excluding hydrogens is 556 g/mol. The van der Waals surface area contributed by atoms with E-state index in [9.17, 15) is 26.3 Å². The van der Waals surface area contributed by atoms with Crippen molar-refractivity contribution in [2.45, 2.75) is 24.8 Å². The molecule has 39 heavy (non-hydrogen) atoms. The summed E-state index contributed by atoms with van der Waals surface area (Å²) in [5.74, 6) is -4.70. The molecule has 16 heteroatoms. The minimum Gasteiger partial charge on any atom is -0.461 e. The maximum Gasteiger partial charge on any atom is 0.451 e. The highest BCUT2D eigenvalue weighted by Crippen LogP contribution is 2.41. The Morgan fingerprint density at radius 2 is 1.67 bits per heavy atom. The monoisotopic (exact) mass is 573 g/mol. The zero-order chi connectivity index (χ0) is 27.9. The van der Waals surface area contributed by atoms with Crippen molar-refractivity contribution in [1.29, 1.82) is 0 Å². The number of H-pyrrole nitrogens is 1. The van der Waals surface area contributed by atoms with Crippen LogP contribution in [0.15, 0.2) is 30.6 Å². The number of aromatic nitrogens is 6. The van der Waals surface area contributed by atoms with E-state index in [0.29, 0.717) is 21.8 Å². The zero-order valence-electron chi connectivity index (χ0n) is 19.9. The predicted molar refractivity (Wildman–Crippen MR) is 125 cm³/mol. The molecule has 5 rings (SSSR count). The van der Waals surface area contributed by atoms with Gasteiger partial charge in [0, 0.05) is 53.2 Å². The van der Waals surface area contributed by atoms with Gasteiger partial charge in [0.1, 0.15) is 12.6 Å². The van der Waals surface area contributed by atoms with Gasteiger partial charge in [-0.3, -0.25) is 0 Å². The van der Waals surface area contributed by atoms with Crippen molar-refractivity contribution in [3.8, 4) is 6.01 Å². The van der Waals surface area contributed by atoms with E-state index in [0.717, 1.165) is 10.9 Å². The third-order valence-electron chi connectivity index (χ3n) is 5.96. The highest BCUT2D eigenvalue weighted by Gasteiger charge is 2.43. The highest BCUT2D eigenvalue weighted by molar-refractivity contribution is 6.31. The van der Waals surface area contributed by atoms with Crippen LogP contribution in [0.2, 0.25) is 5.02 Å². The van der Waals surface area contributed by atoms with E-state index in [2.05, 4.69) is 29.9 Å². The van der Waals surface area contributed by atoms with Gasteiger partial charge in [-0.1, -0.05) is 11.6 Å². The molecule has 0 radical (unpaired) electrons.